The molecule has 0 saturated carbocycles. The molecule has 2 aliphatic rings. The molecule has 22 heavy (non-hydrogen) atoms. The van der Waals surface area contributed by atoms with Gasteiger partial charge in [0.1, 0.15) is 14.0 Å². The molecule has 1 N–H and O–H groups in total. The molecule has 0 aliphatic heterocycles. The van der Waals surface area contributed by atoms with Crippen molar-refractivity contribution in [3.63, 3.8) is 0 Å². The van der Waals surface area contributed by atoms with Gasteiger partial charge in [-0.2, -0.15) is 0 Å². The van der Waals surface area contributed by atoms with E-state index in [9.17, 15) is 0 Å². The first kappa shape index (κ1) is 15.8. The minimum Gasteiger partial charge on any atom is -0.501 e. The van der Waals surface area contributed by atoms with E-state index in [0.29, 0.717) is 5.54 Å². The summed E-state index contributed by atoms with van der Waals surface area (Å²) in [5, 5.41) is 0. The van der Waals surface area contributed by atoms with Crippen LogP contribution in [0.2, 0.25) is 13.1 Å². The molecule has 120 valence electrons. The lowest BCUT2D eigenvalue weighted by Crippen LogP contribution is -2.58. The minimum absolute atomic E-state index is 0.133. The quantitative estimate of drug-likeness (QED) is 0.835. The zero-order valence-corrected chi connectivity index (χ0v) is 15.8. The minimum atomic E-state index is -1.72. The zero-order valence-electron chi connectivity index (χ0n) is 14.8. The molecule has 0 heterocycles. The molecule has 0 amide bonds. The number of ether oxygens (including phenoxy) is 1. The number of rotatable bonds is 3. The maximum absolute atomic E-state index is 5.79. The highest BCUT2D eigenvalue weighted by molar-refractivity contribution is 6.77. The summed E-state index contributed by atoms with van der Waals surface area (Å²) >= 11 is 0. The van der Waals surface area contributed by atoms with Crippen molar-refractivity contribution < 1.29 is 4.74 Å². The molecule has 1 aromatic carbocycles. The van der Waals surface area contributed by atoms with Crippen molar-refractivity contribution in [1.29, 1.82) is 0 Å². The summed E-state index contributed by atoms with van der Waals surface area (Å²) in [5.74, 6) is 1.15. The van der Waals surface area contributed by atoms with Crippen LogP contribution in [0.5, 0.6) is 0 Å². The van der Waals surface area contributed by atoms with Crippen LogP contribution in [0.1, 0.15) is 55.0 Å². The Morgan fingerprint density at radius 1 is 1.14 bits per heavy atom. The third kappa shape index (κ3) is 2.77. The van der Waals surface area contributed by atoms with E-state index in [-0.39, 0.29) is 5.54 Å². The third-order valence-electron chi connectivity index (χ3n) is 4.85. The molecule has 3 heteroatoms. The molecule has 1 unspecified atom stereocenters. The fourth-order valence-electron chi connectivity index (χ4n) is 4.39. The lowest BCUT2D eigenvalue weighted by atomic mass is 10.0. The molecule has 1 aromatic rings. The van der Waals surface area contributed by atoms with Gasteiger partial charge in [0.15, 0.2) is 0 Å². The Labute approximate surface area is 136 Å². The molecule has 0 spiro atoms. The van der Waals surface area contributed by atoms with Crippen LogP contribution in [0, 0.1) is 0 Å². The van der Waals surface area contributed by atoms with E-state index in [1.54, 1.807) is 11.1 Å². The van der Waals surface area contributed by atoms with E-state index in [2.05, 4.69) is 57.1 Å². The Hall–Kier alpha value is -1.06. The van der Waals surface area contributed by atoms with Crippen LogP contribution in [0.15, 0.2) is 17.9 Å². The fraction of sp³-hybridized carbons (Fsp3) is 0.579. The molecule has 2 nitrogen and oxygen atoms in total. The molecular formula is C19H29NOSi. The topological polar surface area (TPSA) is 21.3 Å². The molecule has 0 aromatic heterocycles. The second kappa shape index (κ2) is 5.24. The molecule has 0 bridgehead atoms. The van der Waals surface area contributed by atoms with Crippen molar-refractivity contribution in [3.8, 4) is 0 Å². The van der Waals surface area contributed by atoms with Crippen LogP contribution in [-0.2, 0) is 17.6 Å². The summed E-state index contributed by atoms with van der Waals surface area (Å²) in [4.78, 5) is 3.93. The Kier molecular flexibility index (Phi) is 3.77. The van der Waals surface area contributed by atoms with Crippen LogP contribution >= 0.6 is 0 Å². The Morgan fingerprint density at radius 3 is 2.36 bits per heavy atom. The van der Waals surface area contributed by atoms with Crippen molar-refractivity contribution in [2.45, 2.75) is 64.2 Å². The van der Waals surface area contributed by atoms with Gasteiger partial charge in [-0.05, 0) is 68.4 Å². The predicted molar refractivity (Wildman–Crippen MR) is 96.6 cm³/mol. The number of allylic oxidation sites excluding steroid dienone is 1. The maximum atomic E-state index is 5.79. The van der Waals surface area contributed by atoms with Crippen molar-refractivity contribution in [1.82, 2.24) is 4.98 Å². The first-order chi connectivity index (χ1) is 10.2. The number of fused-ring (bicyclic) bond motifs is 2. The van der Waals surface area contributed by atoms with Crippen LogP contribution in [0.4, 0.5) is 0 Å². The lowest BCUT2D eigenvalue weighted by Gasteiger charge is -2.38. The van der Waals surface area contributed by atoms with E-state index in [1.165, 1.54) is 30.4 Å². The fourth-order valence-corrected chi connectivity index (χ4v) is 8.40. The van der Waals surface area contributed by atoms with E-state index in [1.807, 2.05) is 7.11 Å². The van der Waals surface area contributed by atoms with Crippen molar-refractivity contribution in [2.24, 2.45) is 0 Å². The Bertz CT molecular complexity index is 625. The van der Waals surface area contributed by atoms with Gasteiger partial charge in [-0.3, -0.25) is 0 Å². The molecule has 0 radical (unpaired) electrons. The zero-order chi connectivity index (χ0) is 16.1. The Balaban J connectivity index is 2.04. The number of hydrogen-bond donors (Lipinski definition) is 1. The predicted octanol–water partition coefficient (Wildman–Crippen LogP) is 4.39. The largest absolute Gasteiger partial charge is 0.501 e. The third-order valence-corrected chi connectivity index (χ3v) is 8.28. The number of aryl methyl sites for hydroxylation is 2. The lowest BCUT2D eigenvalue weighted by molar-refractivity contribution is 0.283. The summed E-state index contributed by atoms with van der Waals surface area (Å²) < 4.78 is 5.79. The molecule has 0 fully saturated rings. The standard InChI is InChI=1S/C19H29NOSi/c1-19(2,3)20-22(5,6)18-16-11-14-9-7-8-13(14)10-15(16)12-17(18)21-4/h10-12,18,20H,7-9H2,1-6H3. The first-order valence-corrected chi connectivity index (χ1v) is 11.5. The monoisotopic (exact) mass is 315 g/mol. The normalized spacial score (nSPS) is 20.6. The van der Waals surface area contributed by atoms with Crippen LogP contribution in [-0.4, -0.2) is 20.9 Å². The van der Waals surface area contributed by atoms with Crippen molar-refractivity contribution in [2.75, 3.05) is 7.11 Å². The van der Waals surface area contributed by atoms with Gasteiger partial charge in [0.05, 0.1) is 12.7 Å². The molecule has 2 aliphatic carbocycles. The highest BCUT2D eigenvalue weighted by atomic mass is 28.3. The first-order valence-electron chi connectivity index (χ1n) is 8.42. The van der Waals surface area contributed by atoms with E-state index < -0.39 is 8.24 Å². The van der Waals surface area contributed by atoms with Crippen molar-refractivity contribution >= 4 is 14.3 Å². The van der Waals surface area contributed by atoms with E-state index in [0.717, 1.165) is 5.76 Å². The van der Waals surface area contributed by atoms with Gasteiger partial charge < -0.3 is 9.72 Å². The summed E-state index contributed by atoms with van der Waals surface area (Å²) in [6.45, 7) is 11.6. The molecule has 3 rings (SSSR count). The van der Waals surface area contributed by atoms with E-state index >= 15 is 0 Å². The summed E-state index contributed by atoms with van der Waals surface area (Å²) in [5.41, 5.74) is 6.54. The van der Waals surface area contributed by atoms with Crippen LogP contribution in [0.25, 0.3) is 6.08 Å². The van der Waals surface area contributed by atoms with Crippen molar-refractivity contribution in [3.05, 3.63) is 40.1 Å². The maximum Gasteiger partial charge on any atom is 0.135 e. The number of benzene rings is 1. The number of nitrogens with one attached hydrogen (secondary N) is 1. The Morgan fingerprint density at radius 2 is 1.77 bits per heavy atom. The molecular weight excluding hydrogens is 286 g/mol. The summed E-state index contributed by atoms with van der Waals surface area (Å²) in [6.07, 6.45) is 6.07. The van der Waals surface area contributed by atoms with Gasteiger partial charge in [0, 0.05) is 5.54 Å². The highest BCUT2D eigenvalue weighted by Crippen LogP contribution is 2.44. The van der Waals surface area contributed by atoms with Gasteiger partial charge >= 0.3 is 0 Å². The summed E-state index contributed by atoms with van der Waals surface area (Å²) in [6, 6.07) is 4.89. The summed E-state index contributed by atoms with van der Waals surface area (Å²) in [7, 11) is 0.102. The van der Waals surface area contributed by atoms with Gasteiger partial charge in [-0.1, -0.05) is 25.2 Å². The van der Waals surface area contributed by atoms with Gasteiger partial charge in [-0.15, -0.1) is 0 Å². The molecule has 0 saturated heterocycles. The average Bonchev–Trinajstić information content (AvgIpc) is 2.94. The molecule has 1 atom stereocenters. The van der Waals surface area contributed by atoms with Gasteiger partial charge in [0.25, 0.3) is 0 Å². The smallest absolute Gasteiger partial charge is 0.135 e. The van der Waals surface area contributed by atoms with Gasteiger partial charge in [0.2, 0.25) is 0 Å². The number of methoxy groups -OCH3 is 1. The second-order valence-corrected chi connectivity index (χ2v) is 12.7. The number of hydrogen-bond acceptors (Lipinski definition) is 2. The second-order valence-electron chi connectivity index (χ2n) is 8.38. The SMILES string of the molecule is COC1=Cc2cc3c(cc2C1[Si](C)(C)NC(C)(C)C)CCC3. The average molecular weight is 316 g/mol. The van der Waals surface area contributed by atoms with Crippen LogP contribution < -0.4 is 4.98 Å². The van der Waals surface area contributed by atoms with Gasteiger partial charge in [-0.25, -0.2) is 0 Å². The van der Waals surface area contributed by atoms with E-state index in [4.69, 9.17) is 4.74 Å². The van der Waals surface area contributed by atoms with Crippen LogP contribution in [0.3, 0.4) is 0 Å². The highest BCUT2D eigenvalue weighted by Gasteiger charge is 2.43.